The standard InChI is InChI=1S/C29H39N3O3/c1-24-6-10-28(11-7-24)35-23-29(33-3)14-4-17-31(19-15-29)22-26-8-12-27(13-9-26)34-21-5-18-32-20-16-30-25(32)2/h6-13,16,20H,4-5,14-15,17-19,21-23H2,1-3H3/t29-/m1/s1. The molecule has 0 bridgehead atoms. The SMILES string of the molecule is CO[C@]1(COc2ccc(C)cc2)CCCN(Cc2ccc(OCCCn3ccnc3C)cc2)CC1. The number of benzene rings is 2. The Balaban J connectivity index is 1.22. The molecule has 1 aliphatic rings. The van der Waals surface area contributed by atoms with Gasteiger partial charge in [0.25, 0.3) is 0 Å². The molecule has 1 aliphatic heterocycles. The largest absolute Gasteiger partial charge is 0.494 e. The van der Waals surface area contributed by atoms with Gasteiger partial charge in [0.05, 0.1) is 6.61 Å². The summed E-state index contributed by atoms with van der Waals surface area (Å²) in [7, 11) is 1.82. The fourth-order valence-corrected chi connectivity index (χ4v) is 4.65. The van der Waals surface area contributed by atoms with E-state index < -0.39 is 0 Å². The van der Waals surface area contributed by atoms with Gasteiger partial charge in [0.15, 0.2) is 0 Å². The summed E-state index contributed by atoms with van der Waals surface area (Å²) in [5.41, 5.74) is 2.32. The molecular weight excluding hydrogens is 438 g/mol. The highest BCUT2D eigenvalue weighted by atomic mass is 16.5. The zero-order chi connectivity index (χ0) is 24.5. The van der Waals surface area contributed by atoms with E-state index >= 15 is 0 Å². The molecule has 1 saturated heterocycles. The Morgan fingerprint density at radius 2 is 1.66 bits per heavy atom. The van der Waals surface area contributed by atoms with Crippen molar-refractivity contribution in [2.45, 2.75) is 58.2 Å². The number of ether oxygens (including phenoxy) is 3. The van der Waals surface area contributed by atoms with Crippen LogP contribution in [0.5, 0.6) is 11.5 Å². The normalized spacial score (nSPS) is 18.8. The predicted octanol–water partition coefficient (Wildman–Crippen LogP) is 5.42. The molecule has 2 aromatic carbocycles. The van der Waals surface area contributed by atoms with Crippen molar-refractivity contribution in [1.29, 1.82) is 0 Å². The summed E-state index contributed by atoms with van der Waals surface area (Å²) in [6, 6.07) is 16.8. The van der Waals surface area contributed by atoms with E-state index in [1.807, 2.05) is 38.6 Å². The third kappa shape index (κ3) is 7.33. The van der Waals surface area contributed by atoms with Crippen molar-refractivity contribution >= 4 is 0 Å². The van der Waals surface area contributed by atoms with Gasteiger partial charge < -0.3 is 18.8 Å². The van der Waals surface area contributed by atoms with Crippen LogP contribution < -0.4 is 9.47 Å². The molecule has 4 rings (SSSR count). The first-order chi connectivity index (χ1) is 17.0. The molecule has 188 valence electrons. The molecule has 0 saturated carbocycles. The van der Waals surface area contributed by atoms with Crippen molar-refractivity contribution in [3.05, 3.63) is 77.9 Å². The lowest BCUT2D eigenvalue weighted by Crippen LogP contribution is -2.39. The third-order valence-electron chi connectivity index (χ3n) is 7.01. The molecule has 1 aromatic heterocycles. The van der Waals surface area contributed by atoms with Crippen molar-refractivity contribution < 1.29 is 14.2 Å². The molecule has 3 aromatic rings. The average molecular weight is 478 g/mol. The molecule has 2 heterocycles. The van der Waals surface area contributed by atoms with Crippen LogP contribution in [-0.2, 0) is 17.8 Å². The number of likely N-dealkylation sites (tertiary alicyclic amines) is 1. The van der Waals surface area contributed by atoms with Crippen LogP contribution in [-0.4, -0.2) is 53.5 Å². The van der Waals surface area contributed by atoms with E-state index in [-0.39, 0.29) is 5.60 Å². The summed E-state index contributed by atoms with van der Waals surface area (Å²) in [5.74, 6) is 2.88. The highest BCUT2D eigenvalue weighted by molar-refractivity contribution is 5.27. The third-order valence-corrected chi connectivity index (χ3v) is 7.01. The Labute approximate surface area is 209 Å². The number of hydrogen-bond acceptors (Lipinski definition) is 5. The highest BCUT2D eigenvalue weighted by Gasteiger charge is 2.33. The van der Waals surface area contributed by atoms with E-state index in [2.05, 4.69) is 57.8 Å². The number of methoxy groups -OCH3 is 1. The molecular formula is C29H39N3O3. The average Bonchev–Trinajstić information content (AvgIpc) is 3.18. The van der Waals surface area contributed by atoms with Crippen LogP contribution in [0.3, 0.4) is 0 Å². The monoisotopic (exact) mass is 477 g/mol. The minimum Gasteiger partial charge on any atom is -0.494 e. The van der Waals surface area contributed by atoms with Gasteiger partial charge in [0.2, 0.25) is 0 Å². The van der Waals surface area contributed by atoms with E-state index in [0.717, 1.165) is 69.2 Å². The molecule has 0 radical (unpaired) electrons. The second kappa shape index (κ2) is 12.2. The van der Waals surface area contributed by atoms with E-state index in [1.165, 1.54) is 11.1 Å². The molecule has 0 aliphatic carbocycles. The smallest absolute Gasteiger partial charge is 0.119 e. The summed E-state index contributed by atoms with van der Waals surface area (Å²) in [4.78, 5) is 6.78. The summed E-state index contributed by atoms with van der Waals surface area (Å²) in [6.07, 6.45) is 7.89. The lowest BCUT2D eigenvalue weighted by molar-refractivity contribution is -0.0541. The number of aryl methyl sites for hydroxylation is 3. The van der Waals surface area contributed by atoms with Gasteiger partial charge in [-0.3, -0.25) is 4.90 Å². The second-order valence-corrected chi connectivity index (χ2v) is 9.63. The summed E-state index contributed by atoms with van der Waals surface area (Å²) in [6.45, 7) is 9.35. The van der Waals surface area contributed by atoms with Gasteiger partial charge in [-0.1, -0.05) is 29.8 Å². The van der Waals surface area contributed by atoms with Gasteiger partial charge in [0, 0.05) is 39.1 Å². The minimum absolute atomic E-state index is 0.230. The predicted molar refractivity (Wildman–Crippen MR) is 139 cm³/mol. The van der Waals surface area contributed by atoms with Crippen LogP contribution in [0.4, 0.5) is 0 Å². The fourth-order valence-electron chi connectivity index (χ4n) is 4.65. The first kappa shape index (κ1) is 25.3. The highest BCUT2D eigenvalue weighted by Crippen LogP contribution is 2.28. The number of nitrogens with zero attached hydrogens (tertiary/aromatic N) is 3. The van der Waals surface area contributed by atoms with E-state index in [1.54, 1.807) is 0 Å². The van der Waals surface area contributed by atoms with Crippen LogP contribution in [0.25, 0.3) is 0 Å². The number of hydrogen-bond donors (Lipinski definition) is 0. The van der Waals surface area contributed by atoms with E-state index in [9.17, 15) is 0 Å². The molecule has 0 unspecified atom stereocenters. The zero-order valence-corrected chi connectivity index (χ0v) is 21.4. The van der Waals surface area contributed by atoms with E-state index in [4.69, 9.17) is 14.2 Å². The molecule has 35 heavy (non-hydrogen) atoms. The zero-order valence-electron chi connectivity index (χ0n) is 21.4. The van der Waals surface area contributed by atoms with Gasteiger partial charge in [-0.15, -0.1) is 0 Å². The van der Waals surface area contributed by atoms with Crippen LogP contribution in [0, 0.1) is 13.8 Å². The van der Waals surface area contributed by atoms with E-state index in [0.29, 0.717) is 13.2 Å². The first-order valence-electron chi connectivity index (χ1n) is 12.7. The van der Waals surface area contributed by atoms with Gasteiger partial charge in [-0.25, -0.2) is 4.98 Å². The molecule has 6 heteroatoms. The van der Waals surface area contributed by atoms with Gasteiger partial charge in [0.1, 0.15) is 29.5 Å². The Hall–Kier alpha value is -2.83. The van der Waals surface area contributed by atoms with Crippen LogP contribution in [0.15, 0.2) is 60.9 Å². The summed E-state index contributed by atoms with van der Waals surface area (Å²) < 4.78 is 20.2. The summed E-state index contributed by atoms with van der Waals surface area (Å²) in [5, 5.41) is 0. The maximum absolute atomic E-state index is 6.12. The van der Waals surface area contributed by atoms with Crippen LogP contribution in [0.1, 0.15) is 42.6 Å². The fraction of sp³-hybridized carbons (Fsp3) is 0.483. The van der Waals surface area contributed by atoms with Crippen molar-refractivity contribution in [3.63, 3.8) is 0 Å². The number of rotatable bonds is 11. The molecule has 6 nitrogen and oxygen atoms in total. The quantitative estimate of drug-likeness (QED) is 0.345. The van der Waals surface area contributed by atoms with Crippen molar-refractivity contribution in [2.24, 2.45) is 0 Å². The molecule has 1 fully saturated rings. The van der Waals surface area contributed by atoms with Crippen LogP contribution >= 0.6 is 0 Å². The van der Waals surface area contributed by atoms with Crippen molar-refractivity contribution in [2.75, 3.05) is 33.4 Å². The maximum atomic E-state index is 6.12. The van der Waals surface area contributed by atoms with Gasteiger partial charge in [-0.05, 0) is 75.9 Å². The Kier molecular flexibility index (Phi) is 8.83. The maximum Gasteiger partial charge on any atom is 0.119 e. The molecule has 1 atom stereocenters. The Morgan fingerprint density at radius 1 is 0.914 bits per heavy atom. The lowest BCUT2D eigenvalue weighted by Gasteiger charge is -2.31. The molecule has 0 spiro atoms. The van der Waals surface area contributed by atoms with Gasteiger partial charge in [-0.2, -0.15) is 0 Å². The Bertz CT molecular complexity index is 1030. The first-order valence-corrected chi connectivity index (χ1v) is 12.7. The van der Waals surface area contributed by atoms with Crippen LogP contribution in [0.2, 0.25) is 0 Å². The van der Waals surface area contributed by atoms with Crippen molar-refractivity contribution in [1.82, 2.24) is 14.5 Å². The lowest BCUT2D eigenvalue weighted by atomic mass is 9.95. The second-order valence-electron chi connectivity index (χ2n) is 9.63. The Morgan fingerprint density at radius 3 is 2.37 bits per heavy atom. The number of imidazole rings is 1. The molecule has 0 amide bonds. The van der Waals surface area contributed by atoms with Gasteiger partial charge >= 0.3 is 0 Å². The number of aromatic nitrogens is 2. The summed E-state index contributed by atoms with van der Waals surface area (Å²) >= 11 is 0. The minimum atomic E-state index is -0.230. The van der Waals surface area contributed by atoms with Crippen molar-refractivity contribution in [3.8, 4) is 11.5 Å². The topological polar surface area (TPSA) is 48.8 Å². The molecule has 0 N–H and O–H groups in total.